The molecule has 1 aliphatic heterocycles. The highest BCUT2D eigenvalue weighted by molar-refractivity contribution is 5.93. The Labute approximate surface area is 127 Å². The standard InChI is InChI=1S/C18H24N2O/c21-18(19-13-12-15-7-2-1-3-8-15)20-14-6-10-16-9-4-5-11-17(16)20/h4-5,7,9,11H,1-3,6,8,10,12-14H2,(H,19,21). The van der Waals surface area contributed by atoms with Crippen LogP contribution in [0.3, 0.4) is 0 Å². The first-order chi connectivity index (χ1) is 10.3. The van der Waals surface area contributed by atoms with Gasteiger partial charge in [0.15, 0.2) is 0 Å². The normalized spacial score (nSPS) is 17.9. The van der Waals surface area contributed by atoms with Crippen LogP contribution in [0.1, 0.15) is 44.1 Å². The second-order valence-electron chi connectivity index (χ2n) is 5.97. The molecule has 1 N–H and O–H groups in total. The fourth-order valence-electron chi connectivity index (χ4n) is 3.30. The number of hydrogen-bond donors (Lipinski definition) is 1. The van der Waals surface area contributed by atoms with Gasteiger partial charge < -0.3 is 5.32 Å². The number of anilines is 1. The number of allylic oxidation sites excluding steroid dienone is 1. The number of nitrogens with one attached hydrogen (secondary N) is 1. The van der Waals surface area contributed by atoms with Crippen LogP contribution in [0.15, 0.2) is 35.9 Å². The number of hydrogen-bond acceptors (Lipinski definition) is 1. The Balaban J connectivity index is 1.55. The van der Waals surface area contributed by atoms with Crippen molar-refractivity contribution in [3.05, 3.63) is 41.5 Å². The van der Waals surface area contributed by atoms with E-state index in [9.17, 15) is 4.79 Å². The van der Waals surface area contributed by atoms with Crippen molar-refractivity contribution in [1.29, 1.82) is 0 Å². The van der Waals surface area contributed by atoms with Gasteiger partial charge in [0.05, 0.1) is 0 Å². The van der Waals surface area contributed by atoms with Gasteiger partial charge in [-0.05, 0) is 56.6 Å². The topological polar surface area (TPSA) is 32.3 Å². The third kappa shape index (κ3) is 3.46. The van der Waals surface area contributed by atoms with Gasteiger partial charge in [-0.2, -0.15) is 0 Å². The lowest BCUT2D eigenvalue weighted by molar-refractivity contribution is 0.246. The molecule has 2 aliphatic rings. The highest BCUT2D eigenvalue weighted by atomic mass is 16.2. The first-order valence-electron chi connectivity index (χ1n) is 8.16. The van der Waals surface area contributed by atoms with Crippen LogP contribution < -0.4 is 10.2 Å². The summed E-state index contributed by atoms with van der Waals surface area (Å²) in [5.74, 6) is 0. The Morgan fingerprint density at radius 2 is 2.05 bits per heavy atom. The lowest BCUT2D eigenvalue weighted by Gasteiger charge is -2.29. The van der Waals surface area contributed by atoms with Crippen LogP contribution >= 0.6 is 0 Å². The Bertz CT molecular complexity index is 536. The van der Waals surface area contributed by atoms with Gasteiger partial charge in [-0.1, -0.05) is 29.8 Å². The van der Waals surface area contributed by atoms with Crippen LogP contribution in [0.4, 0.5) is 10.5 Å². The molecule has 0 fully saturated rings. The number of rotatable bonds is 3. The molecule has 1 aliphatic carbocycles. The van der Waals surface area contributed by atoms with Crippen LogP contribution in [-0.4, -0.2) is 19.1 Å². The van der Waals surface area contributed by atoms with Gasteiger partial charge in [-0.15, -0.1) is 0 Å². The number of fused-ring (bicyclic) bond motifs is 1. The molecule has 21 heavy (non-hydrogen) atoms. The van der Waals surface area contributed by atoms with Crippen LogP contribution in [0.5, 0.6) is 0 Å². The maximum absolute atomic E-state index is 12.4. The number of amides is 2. The van der Waals surface area contributed by atoms with Gasteiger partial charge in [-0.25, -0.2) is 4.79 Å². The summed E-state index contributed by atoms with van der Waals surface area (Å²) < 4.78 is 0. The molecule has 0 radical (unpaired) electrons. The lowest BCUT2D eigenvalue weighted by Crippen LogP contribution is -2.43. The Hall–Kier alpha value is -1.77. The molecule has 1 aromatic carbocycles. The summed E-state index contributed by atoms with van der Waals surface area (Å²) >= 11 is 0. The van der Waals surface area contributed by atoms with Gasteiger partial charge in [0, 0.05) is 18.8 Å². The summed E-state index contributed by atoms with van der Waals surface area (Å²) in [4.78, 5) is 14.3. The summed E-state index contributed by atoms with van der Waals surface area (Å²) in [6.45, 7) is 1.58. The maximum Gasteiger partial charge on any atom is 0.321 e. The molecule has 0 atom stereocenters. The van der Waals surface area contributed by atoms with Crippen molar-refractivity contribution in [2.75, 3.05) is 18.0 Å². The second-order valence-corrected chi connectivity index (χ2v) is 5.97. The molecule has 1 aromatic rings. The van der Waals surface area contributed by atoms with E-state index in [0.29, 0.717) is 0 Å². The molecule has 112 valence electrons. The van der Waals surface area contributed by atoms with Crippen molar-refractivity contribution in [3.8, 4) is 0 Å². The van der Waals surface area contributed by atoms with E-state index in [2.05, 4.69) is 29.6 Å². The van der Waals surface area contributed by atoms with E-state index in [0.717, 1.165) is 38.0 Å². The van der Waals surface area contributed by atoms with Crippen molar-refractivity contribution >= 4 is 11.7 Å². The van der Waals surface area contributed by atoms with Gasteiger partial charge in [0.1, 0.15) is 0 Å². The minimum atomic E-state index is 0.0542. The fourth-order valence-corrected chi connectivity index (χ4v) is 3.30. The molecule has 3 nitrogen and oxygen atoms in total. The van der Waals surface area contributed by atoms with Crippen LogP contribution in [-0.2, 0) is 6.42 Å². The van der Waals surface area contributed by atoms with Crippen molar-refractivity contribution in [1.82, 2.24) is 5.32 Å². The maximum atomic E-state index is 12.4. The number of aryl methyl sites for hydroxylation is 1. The highest BCUT2D eigenvalue weighted by Crippen LogP contribution is 2.26. The first-order valence-corrected chi connectivity index (χ1v) is 8.16. The Kier molecular flexibility index (Phi) is 4.59. The van der Waals surface area contributed by atoms with E-state index >= 15 is 0 Å². The van der Waals surface area contributed by atoms with E-state index in [1.54, 1.807) is 0 Å². The SMILES string of the molecule is O=C(NCCC1=CCCCC1)N1CCCc2ccccc21. The van der Waals surface area contributed by atoms with Crippen molar-refractivity contribution in [2.45, 2.75) is 44.9 Å². The number of urea groups is 1. The van der Waals surface area contributed by atoms with E-state index in [4.69, 9.17) is 0 Å². The summed E-state index contributed by atoms with van der Waals surface area (Å²) in [5, 5.41) is 3.09. The zero-order valence-electron chi connectivity index (χ0n) is 12.6. The smallest absolute Gasteiger partial charge is 0.321 e. The molecule has 0 spiro atoms. The van der Waals surface area contributed by atoms with Gasteiger partial charge >= 0.3 is 6.03 Å². The summed E-state index contributed by atoms with van der Waals surface area (Å²) in [6, 6.07) is 8.30. The zero-order valence-corrected chi connectivity index (χ0v) is 12.6. The van der Waals surface area contributed by atoms with Crippen LogP contribution in [0.25, 0.3) is 0 Å². The van der Waals surface area contributed by atoms with Gasteiger partial charge in [0.2, 0.25) is 0 Å². The van der Waals surface area contributed by atoms with Gasteiger partial charge in [0.25, 0.3) is 0 Å². The largest absolute Gasteiger partial charge is 0.337 e. The third-order valence-corrected chi connectivity index (χ3v) is 4.46. The third-order valence-electron chi connectivity index (χ3n) is 4.46. The molecule has 0 unspecified atom stereocenters. The quantitative estimate of drug-likeness (QED) is 0.835. The van der Waals surface area contributed by atoms with Crippen molar-refractivity contribution in [3.63, 3.8) is 0 Å². The molecule has 1 heterocycles. The minimum Gasteiger partial charge on any atom is -0.337 e. The summed E-state index contributed by atoms with van der Waals surface area (Å²) in [6.07, 6.45) is 10.5. The average Bonchev–Trinajstić information content (AvgIpc) is 2.55. The molecular formula is C18H24N2O. The number of carbonyl (C=O) groups is 1. The number of nitrogens with zero attached hydrogens (tertiary/aromatic N) is 1. The molecule has 0 saturated carbocycles. The Morgan fingerprint density at radius 1 is 1.14 bits per heavy atom. The molecule has 0 bridgehead atoms. The van der Waals surface area contributed by atoms with Crippen LogP contribution in [0.2, 0.25) is 0 Å². The Morgan fingerprint density at radius 3 is 2.90 bits per heavy atom. The van der Waals surface area contributed by atoms with E-state index in [1.807, 2.05) is 11.0 Å². The van der Waals surface area contributed by atoms with Crippen molar-refractivity contribution < 1.29 is 4.79 Å². The predicted molar refractivity (Wildman–Crippen MR) is 86.7 cm³/mol. The van der Waals surface area contributed by atoms with E-state index < -0.39 is 0 Å². The average molecular weight is 284 g/mol. The number of para-hydroxylation sites is 1. The lowest BCUT2D eigenvalue weighted by atomic mass is 9.97. The molecular weight excluding hydrogens is 260 g/mol. The number of carbonyl (C=O) groups excluding carboxylic acids is 1. The second kappa shape index (κ2) is 6.79. The minimum absolute atomic E-state index is 0.0542. The van der Waals surface area contributed by atoms with Gasteiger partial charge in [-0.3, -0.25) is 4.90 Å². The summed E-state index contributed by atoms with van der Waals surface area (Å²) in [5.41, 5.74) is 3.88. The van der Waals surface area contributed by atoms with Crippen molar-refractivity contribution in [2.24, 2.45) is 0 Å². The monoisotopic (exact) mass is 284 g/mol. The molecule has 3 heteroatoms. The fraction of sp³-hybridized carbons (Fsp3) is 0.500. The van der Waals surface area contributed by atoms with E-state index in [1.165, 1.54) is 36.8 Å². The van der Waals surface area contributed by atoms with E-state index in [-0.39, 0.29) is 6.03 Å². The molecule has 3 rings (SSSR count). The highest BCUT2D eigenvalue weighted by Gasteiger charge is 2.21. The first kappa shape index (κ1) is 14.2. The molecule has 0 aromatic heterocycles. The summed E-state index contributed by atoms with van der Waals surface area (Å²) in [7, 11) is 0. The molecule has 0 saturated heterocycles. The van der Waals surface area contributed by atoms with Crippen LogP contribution in [0, 0.1) is 0 Å². The zero-order chi connectivity index (χ0) is 14.5. The number of benzene rings is 1. The molecule has 2 amide bonds. The predicted octanol–water partition coefficient (Wildman–Crippen LogP) is 4.04.